The van der Waals surface area contributed by atoms with E-state index in [1.165, 1.54) is 17.7 Å². The number of rotatable bonds is 2. The van der Waals surface area contributed by atoms with E-state index < -0.39 is 0 Å². The highest BCUT2D eigenvalue weighted by Crippen LogP contribution is 2.22. The fourth-order valence-electron chi connectivity index (χ4n) is 2.24. The van der Waals surface area contributed by atoms with Crippen molar-refractivity contribution >= 4 is 0 Å². The van der Waals surface area contributed by atoms with E-state index in [2.05, 4.69) is 37.1 Å². The molecule has 0 aliphatic carbocycles. The quantitative estimate of drug-likeness (QED) is 0.676. The van der Waals surface area contributed by atoms with Gasteiger partial charge >= 0.3 is 0 Å². The normalized spacial score (nSPS) is 10.8. The lowest BCUT2D eigenvalue weighted by atomic mass is 10.1. The summed E-state index contributed by atoms with van der Waals surface area (Å²) in [6.45, 7) is 4.11. The first-order chi connectivity index (χ1) is 9.63. The van der Waals surface area contributed by atoms with Gasteiger partial charge in [-0.2, -0.15) is 5.10 Å². The van der Waals surface area contributed by atoms with Gasteiger partial charge in [-0.3, -0.25) is 0 Å². The van der Waals surface area contributed by atoms with Crippen LogP contribution in [0.25, 0.3) is 16.8 Å². The summed E-state index contributed by atoms with van der Waals surface area (Å²) in [4.78, 5) is 0. The number of hydrogen-bond acceptors (Lipinski definition) is 1. The van der Waals surface area contributed by atoms with Crippen molar-refractivity contribution in [2.45, 2.75) is 13.8 Å². The van der Waals surface area contributed by atoms with Crippen LogP contribution in [0, 0.1) is 19.7 Å². The first kappa shape index (κ1) is 12.6. The van der Waals surface area contributed by atoms with Crippen molar-refractivity contribution in [2.75, 3.05) is 0 Å². The Morgan fingerprint density at radius 2 is 1.85 bits per heavy atom. The Balaban J connectivity index is 2.04. The zero-order chi connectivity index (χ0) is 14.1. The van der Waals surface area contributed by atoms with Crippen molar-refractivity contribution in [1.82, 2.24) is 9.78 Å². The number of nitrogens with zero attached hydrogens (tertiary/aromatic N) is 2. The molecule has 0 aliphatic rings. The van der Waals surface area contributed by atoms with Gasteiger partial charge < -0.3 is 0 Å². The maximum absolute atomic E-state index is 13.3. The van der Waals surface area contributed by atoms with Crippen molar-refractivity contribution < 1.29 is 4.39 Å². The third-order valence-corrected chi connectivity index (χ3v) is 3.35. The maximum atomic E-state index is 13.3. The van der Waals surface area contributed by atoms with E-state index in [0.717, 1.165) is 22.4 Å². The van der Waals surface area contributed by atoms with Gasteiger partial charge in [0.1, 0.15) is 5.82 Å². The van der Waals surface area contributed by atoms with E-state index in [-0.39, 0.29) is 5.82 Å². The third-order valence-electron chi connectivity index (χ3n) is 3.35. The van der Waals surface area contributed by atoms with Gasteiger partial charge in [0.2, 0.25) is 0 Å². The molecule has 2 nitrogen and oxygen atoms in total. The number of benzene rings is 2. The minimum atomic E-state index is -0.234. The van der Waals surface area contributed by atoms with Crippen LogP contribution in [-0.2, 0) is 0 Å². The van der Waals surface area contributed by atoms with E-state index >= 15 is 0 Å². The molecule has 2 aromatic carbocycles. The summed E-state index contributed by atoms with van der Waals surface area (Å²) in [5.74, 6) is -0.234. The molecular weight excluding hydrogens is 251 g/mol. The molecule has 0 radical (unpaired) electrons. The number of halogens is 1. The summed E-state index contributed by atoms with van der Waals surface area (Å²) in [7, 11) is 0. The Kier molecular flexibility index (Phi) is 3.11. The second kappa shape index (κ2) is 4.93. The summed E-state index contributed by atoms with van der Waals surface area (Å²) in [5.41, 5.74) is 5.14. The molecule has 0 fully saturated rings. The van der Waals surface area contributed by atoms with Gasteiger partial charge in [0, 0.05) is 11.8 Å². The molecule has 1 heterocycles. The monoisotopic (exact) mass is 266 g/mol. The molecule has 1 aromatic heterocycles. The molecule has 0 spiro atoms. The Bertz CT molecular complexity index is 759. The fraction of sp³-hybridized carbons (Fsp3) is 0.118. The maximum Gasteiger partial charge on any atom is 0.123 e. The van der Waals surface area contributed by atoms with Gasteiger partial charge in [-0.1, -0.05) is 24.3 Å². The molecule has 0 saturated heterocycles. The minimum absolute atomic E-state index is 0.234. The highest BCUT2D eigenvalue weighted by Gasteiger charge is 2.06. The highest BCUT2D eigenvalue weighted by atomic mass is 19.1. The van der Waals surface area contributed by atoms with E-state index in [9.17, 15) is 4.39 Å². The van der Waals surface area contributed by atoms with Gasteiger partial charge in [-0.05, 0) is 48.7 Å². The standard InChI is InChI=1S/C17H15FN2/c1-12-6-7-13(2)17(8-12)20-11-15(10-19-20)14-4-3-5-16(18)9-14/h3-11H,1-2H3. The van der Waals surface area contributed by atoms with Crippen molar-refractivity contribution in [3.05, 3.63) is 71.8 Å². The molecule has 0 saturated carbocycles. The van der Waals surface area contributed by atoms with Gasteiger partial charge in [0.25, 0.3) is 0 Å². The second-order valence-electron chi connectivity index (χ2n) is 4.97. The van der Waals surface area contributed by atoms with E-state index in [1.807, 2.05) is 16.9 Å². The number of hydrogen-bond donors (Lipinski definition) is 0. The van der Waals surface area contributed by atoms with Crippen LogP contribution in [0.15, 0.2) is 54.9 Å². The van der Waals surface area contributed by atoms with Crippen molar-refractivity contribution in [1.29, 1.82) is 0 Å². The Hall–Kier alpha value is -2.42. The Morgan fingerprint density at radius 1 is 1.00 bits per heavy atom. The van der Waals surface area contributed by atoms with Crippen LogP contribution in [0.1, 0.15) is 11.1 Å². The van der Waals surface area contributed by atoms with E-state index in [1.54, 1.807) is 12.3 Å². The summed E-state index contributed by atoms with van der Waals surface area (Å²) in [6.07, 6.45) is 3.69. The molecule has 0 aliphatic heterocycles. The van der Waals surface area contributed by atoms with Gasteiger partial charge in [0.05, 0.1) is 11.9 Å². The van der Waals surface area contributed by atoms with Crippen LogP contribution < -0.4 is 0 Å². The lowest BCUT2D eigenvalue weighted by molar-refractivity contribution is 0.628. The van der Waals surface area contributed by atoms with Crippen LogP contribution >= 0.6 is 0 Å². The predicted molar refractivity (Wildman–Crippen MR) is 78.4 cm³/mol. The molecule has 100 valence electrons. The SMILES string of the molecule is Cc1ccc(C)c(-n2cc(-c3cccc(F)c3)cn2)c1. The predicted octanol–water partition coefficient (Wildman–Crippen LogP) is 4.30. The Morgan fingerprint density at radius 3 is 2.65 bits per heavy atom. The fourth-order valence-corrected chi connectivity index (χ4v) is 2.24. The number of aryl methyl sites for hydroxylation is 2. The molecule has 20 heavy (non-hydrogen) atoms. The van der Waals surface area contributed by atoms with Crippen molar-refractivity contribution in [3.63, 3.8) is 0 Å². The van der Waals surface area contributed by atoms with Crippen LogP contribution in [0.3, 0.4) is 0 Å². The molecule has 0 N–H and O–H groups in total. The lowest BCUT2D eigenvalue weighted by Crippen LogP contribution is -1.97. The second-order valence-corrected chi connectivity index (χ2v) is 4.97. The summed E-state index contributed by atoms with van der Waals surface area (Å²) in [6, 6.07) is 12.8. The highest BCUT2D eigenvalue weighted by molar-refractivity contribution is 5.62. The minimum Gasteiger partial charge on any atom is -0.240 e. The summed E-state index contributed by atoms with van der Waals surface area (Å²) < 4.78 is 15.1. The van der Waals surface area contributed by atoms with E-state index in [4.69, 9.17) is 0 Å². The first-order valence-electron chi connectivity index (χ1n) is 6.52. The van der Waals surface area contributed by atoms with Gasteiger partial charge in [-0.25, -0.2) is 9.07 Å². The third kappa shape index (κ3) is 2.35. The van der Waals surface area contributed by atoms with Gasteiger partial charge in [0.15, 0.2) is 0 Å². The van der Waals surface area contributed by atoms with Gasteiger partial charge in [-0.15, -0.1) is 0 Å². The van der Waals surface area contributed by atoms with E-state index in [0.29, 0.717) is 0 Å². The lowest BCUT2D eigenvalue weighted by Gasteiger charge is -2.06. The van der Waals surface area contributed by atoms with Crippen molar-refractivity contribution in [2.24, 2.45) is 0 Å². The molecule has 0 bridgehead atoms. The molecule has 3 heteroatoms. The van der Waals surface area contributed by atoms with Crippen LogP contribution in [0.4, 0.5) is 4.39 Å². The molecular formula is C17H15FN2. The zero-order valence-electron chi connectivity index (χ0n) is 11.5. The topological polar surface area (TPSA) is 17.8 Å². The largest absolute Gasteiger partial charge is 0.240 e. The zero-order valence-corrected chi connectivity index (χ0v) is 11.5. The first-order valence-corrected chi connectivity index (χ1v) is 6.52. The molecule has 3 rings (SSSR count). The molecule has 0 unspecified atom stereocenters. The molecule has 0 amide bonds. The van der Waals surface area contributed by atoms with Crippen LogP contribution in [0.2, 0.25) is 0 Å². The molecule has 3 aromatic rings. The number of aromatic nitrogens is 2. The Labute approximate surface area is 117 Å². The van der Waals surface area contributed by atoms with Crippen LogP contribution in [-0.4, -0.2) is 9.78 Å². The van der Waals surface area contributed by atoms with Crippen molar-refractivity contribution in [3.8, 4) is 16.8 Å². The average Bonchev–Trinajstić information content (AvgIpc) is 2.91. The summed E-state index contributed by atoms with van der Waals surface area (Å²) in [5, 5.41) is 4.39. The smallest absolute Gasteiger partial charge is 0.123 e. The van der Waals surface area contributed by atoms with Crippen LogP contribution in [0.5, 0.6) is 0 Å². The molecule has 0 atom stereocenters. The summed E-state index contributed by atoms with van der Waals surface area (Å²) >= 11 is 0. The average molecular weight is 266 g/mol.